The van der Waals surface area contributed by atoms with Crippen molar-refractivity contribution in [3.05, 3.63) is 35.9 Å². The van der Waals surface area contributed by atoms with Gasteiger partial charge in [-0.1, -0.05) is 30.4 Å². The summed E-state index contributed by atoms with van der Waals surface area (Å²) in [5.41, 5.74) is 0.463. The highest BCUT2D eigenvalue weighted by Crippen LogP contribution is 2.16. The van der Waals surface area contributed by atoms with Crippen LogP contribution in [0.2, 0.25) is 0 Å². The Bertz CT molecular complexity index is 451. The highest BCUT2D eigenvalue weighted by Gasteiger charge is 2.12. The van der Waals surface area contributed by atoms with E-state index in [0.717, 1.165) is 0 Å². The largest absolute Gasteiger partial charge is 0.295 e. The molecule has 0 saturated heterocycles. The van der Waals surface area contributed by atoms with Gasteiger partial charge in [-0.3, -0.25) is 4.55 Å². The minimum Gasteiger partial charge on any atom is -0.282 e. The summed E-state index contributed by atoms with van der Waals surface area (Å²) in [4.78, 5) is -0.0872. The molecule has 15 heavy (non-hydrogen) atoms. The summed E-state index contributed by atoms with van der Waals surface area (Å²) < 4.78 is 30.9. The van der Waals surface area contributed by atoms with E-state index in [0.29, 0.717) is 17.9 Å². The number of benzene rings is 1. The molecule has 0 fully saturated rings. The molecule has 0 atom stereocenters. The highest BCUT2D eigenvalue weighted by atomic mass is 35.5. The summed E-state index contributed by atoms with van der Waals surface area (Å²) in [6.07, 6.45) is 4.05. The summed E-state index contributed by atoms with van der Waals surface area (Å²) in [5, 5.41) is 0. The molecule has 82 valence electrons. The van der Waals surface area contributed by atoms with Crippen LogP contribution in [-0.2, 0) is 10.1 Å². The zero-order valence-corrected chi connectivity index (χ0v) is 9.50. The fourth-order valence-electron chi connectivity index (χ4n) is 1.13. The van der Waals surface area contributed by atoms with E-state index in [-0.39, 0.29) is 4.90 Å². The lowest BCUT2D eigenvalue weighted by Crippen LogP contribution is -2.00. The van der Waals surface area contributed by atoms with Crippen molar-refractivity contribution in [3.63, 3.8) is 0 Å². The van der Waals surface area contributed by atoms with Gasteiger partial charge in [-0.05, 0) is 18.1 Å². The second-order valence-corrected chi connectivity index (χ2v) is 4.66. The van der Waals surface area contributed by atoms with Gasteiger partial charge in [-0.25, -0.2) is 0 Å². The third kappa shape index (κ3) is 3.66. The maximum absolute atomic E-state index is 11.0. The predicted molar refractivity (Wildman–Crippen MR) is 60.6 cm³/mol. The molecule has 0 radical (unpaired) electrons. The maximum Gasteiger partial charge on any atom is 0.295 e. The molecule has 1 rings (SSSR count). The van der Waals surface area contributed by atoms with Crippen molar-refractivity contribution in [2.75, 3.05) is 5.88 Å². The lowest BCUT2D eigenvalue weighted by Gasteiger charge is -2.01. The fourth-order valence-corrected chi connectivity index (χ4v) is 1.94. The molecule has 0 amide bonds. The van der Waals surface area contributed by atoms with Gasteiger partial charge in [0.15, 0.2) is 0 Å². The Kier molecular flexibility index (Phi) is 4.32. The van der Waals surface area contributed by atoms with Crippen LogP contribution in [0.4, 0.5) is 0 Å². The van der Waals surface area contributed by atoms with Crippen LogP contribution in [0.1, 0.15) is 12.0 Å². The Balaban J connectivity index is 3.08. The van der Waals surface area contributed by atoms with Gasteiger partial charge in [-0.2, -0.15) is 8.42 Å². The third-order valence-corrected chi connectivity index (χ3v) is 2.92. The summed E-state index contributed by atoms with van der Waals surface area (Å²) >= 11 is 5.48. The zero-order chi connectivity index (χ0) is 11.3. The van der Waals surface area contributed by atoms with Crippen molar-refractivity contribution in [2.24, 2.45) is 0 Å². The van der Waals surface area contributed by atoms with Gasteiger partial charge in [0.05, 0.1) is 0 Å². The van der Waals surface area contributed by atoms with Crippen LogP contribution in [0, 0.1) is 0 Å². The van der Waals surface area contributed by atoms with Crippen LogP contribution in [-0.4, -0.2) is 18.9 Å². The number of alkyl halides is 1. The molecule has 0 heterocycles. The number of halogens is 1. The molecular weight excluding hydrogens is 236 g/mol. The zero-order valence-electron chi connectivity index (χ0n) is 7.93. The second kappa shape index (κ2) is 5.30. The highest BCUT2D eigenvalue weighted by molar-refractivity contribution is 7.85. The topological polar surface area (TPSA) is 54.4 Å². The SMILES string of the molecule is O=S(=O)(O)c1ccccc1C=CCCCl. The van der Waals surface area contributed by atoms with Crippen molar-refractivity contribution in [3.8, 4) is 0 Å². The van der Waals surface area contributed by atoms with Gasteiger partial charge in [0.2, 0.25) is 0 Å². The Morgan fingerprint density at radius 2 is 2.00 bits per heavy atom. The summed E-state index contributed by atoms with van der Waals surface area (Å²) in [6, 6.07) is 6.24. The van der Waals surface area contributed by atoms with Gasteiger partial charge in [0, 0.05) is 5.88 Å². The molecule has 0 bridgehead atoms. The van der Waals surface area contributed by atoms with E-state index >= 15 is 0 Å². The van der Waals surface area contributed by atoms with Crippen LogP contribution in [0.25, 0.3) is 6.08 Å². The summed E-state index contributed by atoms with van der Waals surface area (Å²) in [5.74, 6) is 0.477. The van der Waals surface area contributed by atoms with Crippen LogP contribution in [0.3, 0.4) is 0 Å². The molecule has 0 aliphatic heterocycles. The van der Waals surface area contributed by atoms with Gasteiger partial charge in [0.1, 0.15) is 4.90 Å². The van der Waals surface area contributed by atoms with E-state index in [4.69, 9.17) is 16.2 Å². The minimum atomic E-state index is -4.15. The first-order valence-electron chi connectivity index (χ1n) is 4.34. The molecular formula is C10H11ClO3S. The normalized spacial score (nSPS) is 12.1. The predicted octanol–water partition coefficient (Wildman–Crippen LogP) is 2.58. The Hall–Kier alpha value is -0.840. The molecule has 0 aliphatic rings. The van der Waals surface area contributed by atoms with Crippen molar-refractivity contribution in [1.82, 2.24) is 0 Å². The van der Waals surface area contributed by atoms with Gasteiger partial charge >= 0.3 is 0 Å². The Morgan fingerprint density at radius 1 is 1.33 bits per heavy atom. The van der Waals surface area contributed by atoms with Crippen molar-refractivity contribution in [2.45, 2.75) is 11.3 Å². The molecule has 0 spiro atoms. The smallest absolute Gasteiger partial charge is 0.282 e. The van der Waals surface area contributed by atoms with E-state index in [1.807, 2.05) is 0 Å². The molecule has 1 N–H and O–H groups in total. The monoisotopic (exact) mass is 246 g/mol. The molecule has 0 aliphatic carbocycles. The number of rotatable bonds is 4. The first-order valence-corrected chi connectivity index (χ1v) is 6.32. The van der Waals surface area contributed by atoms with Crippen molar-refractivity contribution in [1.29, 1.82) is 0 Å². The molecule has 5 heteroatoms. The molecule has 1 aromatic rings. The standard InChI is InChI=1S/C10H11ClO3S/c11-8-4-3-6-9-5-1-2-7-10(9)15(12,13)14/h1-3,5-7H,4,8H2,(H,12,13,14). The quantitative estimate of drug-likeness (QED) is 0.656. The van der Waals surface area contributed by atoms with Crippen LogP contribution < -0.4 is 0 Å². The average molecular weight is 247 g/mol. The molecule has 0 saturated carbocycles. The molecule has 0 unspecified atom stereocenters. The lowest BCUT2D eigenvalue weighted by atomic mass is 10.2. The Morgan fingerprint density at radius 3 is 2.60 bits per heavy atom. The number of hydrogen-bond acceptors (Lipinski definition) is 2. The summed E-state index contributed by atoms with van der Waals surface area (Å²) in [6.45, 7) is 0. The first-order chi connectivity index (χ1) is 7.05. The lowest BCUT2D eigenvalue weighted by molar-refractivity contribution is 0.483. The molecule has 1 aromatic carbocycles. The Labute approximate surface area is 94.1 Å². The summed E-state index contributed by atoms with van der Waals surface area (Å²) in [7, 11) is -4.15. The number of hydrogen-bond donors (Lipinski definition) is 1. The number of allylic oxidation sites excluding steroid dienone is 1. The van der Waals surface area contributed by atoms with Crippen LogP contribution >= 0.6 is 11.6 Å². The molecule has 3 nitrogen and oxygen atoms in total. The van der Waals surface area contributed by atoms with Crippen molar-refractivity contribution >= 4 is 27.8 Å². The van der Waals surface area contributed by atoms with Gasteiger partial charge in [-0.15, -0.1) is 11.6 Å². The third-order valence-electron chi connectivity index (χ3n) is 1.77. The first kappa shape index (κ1) is 12.2. The van der Waals surface area contributed by atoms with E-state index in [1.54, 1.807) is 30.4 Å². The molecule has 0 aromatic heterocycles. The van der Waals surface area contributed by atoms with Crippen LogP contribution in [0.5, 0.6) is 0 Å². The van der Waals surface area contributed by atoms with E-state index in [1.165, 1.54) is 6.07 Å². The average Bonchev–Trinajstić information content (AvgIpc) is 2.17. The van der Waals surface area contributed by atoms with E-state index < -0.39 is 10.1 Å². The minimum absolute atomic E-state index is 0.0872. The van der Waals surface area contributed by atoms with E-state index in [2.05, 4.69) is 0 Å². The second-order valence-electron chi connectivity index (χ2n) is 2.89. The van der Waals surface area contributed by atoms with Gasteiger partial charge < -0.3 is 0 Å². The van der Waals surface area contributed by atoms with Gasteiger partial charge in [0.25, 0.3) is 10.1 Å². The maximum atomic E-state index is 11.0. The van der Waals surface area contributed by atoms with Crippen molar-refractivity contribution < 1.29 is 13.0 Å². The van der Waals surface area contributed by atoms with Crippen LogP contribution in [0.15, 0.2) is 35.2 Å². The van der Waals surface area contributed by atoms with E-state index in [9.17, 15) is 8.42 Å². The fraction of sp³-hybridized carbons (Fsp3) is 0.200.